The molecule has 3 aromatic rings. The first kappa shape index (κ1) is 25.7. The monoisotopic (exact) mass is 511 g/mol. The highest BCUT2D eigenvalue weighted by Crippen LogP contribution is 2.26. The number of para-hydroxylation sites is 1. The van der Waals surface area contributed by atoms with E-state index in [1.165, 1.54) is 32.1 Å². The van der Waals surface area contributed by atoms with E-state index in [0.717, 1.165) is 54.7 Å². The van der Waals surface area contributed by atoms with Gasteiger partial charge in [-0.2, -0.15) is 0 Å². The van der Waals surface area contributed by atoms with E-state index in [1.54, 1.807) is 12.4 Å². The van der Waals surface area contributed by atoms with Crippen LogP contribution in [0.2, 0.25) is 0 Å². The van der Waals surface area contributed by atoms with Gasteiger partial charge in [-0.05, 0) is 60.9 Å². The Balaban J connectivity index is 1.15. The zero-order valence-electron chi connectivity index (χ0n) is 21.8. The topological polar surface area (TPSA) is 96.4 Å². The summed E-state index contributed by atoms with van der Waals surface area (Å²) < 4.78 is 0. The maximum absolute atomic E-state index is 12.3. The molecule has 0 spiro atoms. The van der Waals surface area contributed by atoms with Crippen LogP contribution in [-0.4, -0.2) is 58.9 Å². The summed E-state index contributed by atoms with van der Waals surface area (Å²) in [6, 6.07) is 19.8. The summed E-state index contributed by atoms with van der Waals surface area (Å²) in [5.74, 6) is 0.569. The van der Waals surface area contributed by atoms with Gasteiger partial charge in [-0.1, -0.05) is 37.5 Å². The van der Waals surface area contributed by atoms with Crippen LogP contribution >= 0.6 is 0 Å². The Hall–Kier alpha value is -3.91. The maximum atomic E-state index is 12.3. The van der Waals surface area contributed by atoms with Crippen LogP contribution in [0.25, 0.3) is 0 Å². The van der Waals surface area contributed by atoms with Crippen molar-refractivity contribution in [2.24, 2.45) is 0 Å². The Morgan fingerprint density at radius 3 is 2.37 bits per heavy atom. The van der Waals surface area contributed by atoms with Crippen LogP contribution in [0.4, 0.5) is 21.9 Å². The number of nitrogens with zero attached hydrogens (tertiary/aromatic N) is 3. The van der Waals surface area contributed by atoms with Crippen molar-refractivity contribution in [2.75, 3.05) is 36.8 Å². The number of anilines is 3. The molecule has 1 aromatic heterocycles. The third-order valence-corrected chi connectivity index (χ3v) is 7.50. The van der Waals surface area contributed by atoms with Crippen LogP contribution in [0, 0.1) is 5.41 Å². The largest absolute Gasteiger partial charge is 0.355 e. The molecule has 2 amide bonds. The number of pyridine rings is 1. The summed E-state index contributed by atoms with van der Waals surface area (Å²) in [5.41, 5.74) is 4.35. The molecule has 1 aliphatic carbocycles. The molecule has 0 unspecified atom stereocenters. The van der Waals surface area contributed by atoms with Gasteiger partial charge in [0.1, 0.15) is 5.84 Å². The average molecular weight is 512 g/mol. The van der Waals surface area contributed by atoms with Crippen LogP contribution < -0.4 is 16.0 Å². The Morgan fingerprint density at radius 1 is 0.895 bits per heavy atom. The lowest BCUT2D eigenvalue weighted by Gasteiger charge is -2.41. The van der Waals surface area contributed by atoms with Crippen molar-refractivity contribution in [3.05, 3.63) is 84.2 Å². The number of carbonyl (C=O) groups excluding carboxylic acids is 1. The number of benzene rings is 2. The molecule has 1 saturated heterocycles. The van der Waals surface area contributed by atoms with Gasteiger partial charge >= 0.3 is 6.03 Å². The van der Waals surface area contributed by atoms with Crippen molar-refractivity contribution in [2.45, 2.75) is 44.7 Å². The lowest BCUT2D eigenvalue weighted by atomic mass is 9.94. The summed E-state index contributed by atoms with van der Waals surface area (Å²) in [6.07, 6.45) is 10.2. The van der Waals surface area contributed by atoms with E-state index in [0.29, 0.717) is 18.1 Å². The van der Waals surface area contributed by atoms with Gasteiger partial charge in [-0.15, -0.1) is 0 Å². The molecule has 198 valence electrons. The van der Waals surface area contributed by atoms with E-state index in [9.17, 15) is 4.79 Å². The summed E-state index contributed by atoms with van der Waals surface area (Å²) in [7, 11) is 0. The molecule has 0 atom stereocenters. The predicted molar refractivity (Wildman–Crippen MR) is 153 cm³/mol. The van der Waals surface area contributed by atoms with Crippen LogP contribution in [0.15, 0.2) is 73.1 Å². The number of aromatic nitrogens is 1. The highest BCUT2D eigenvalue weighted by Gasteiger charge is 2.26. The number of rotatable bonds is 7. The van der Waals surface area contributed by atoms with Crippen LogP contribution in [0.1, 0.15) is 43.2 Å². The smallest absolute Gasteiger partial charge is 0.319 e. The maximum Gasteiger partial charge on any atom is 0.319 e. The minimum Gasteiger partial charge on any atom is -0.355 e. The van der Waals surface area contributed by atoms with Gasteiger partial charge in [0.15, 0.2) is 0 Å². The molecule has 2 aliphatic rings. The molecule has 0 radical (unpaired) electrons. The first-order chi connectivity index (χ1) is 18.7. The van der Waals surface area contributed by atoms with E-state index in [-0.39, 0.29) is 6.03 Å². The molecule has 0 bridgehead atoms. The Labute approximate surface area is 225 Å². The van der Waals surface area contributed by atoms with Gasteiger partial charge in [0.25, 0.3) is 0 Å². The molecule has 2 aromatic carbocycles. The summed E-state index contributed by atoms with van der Waals surface area (Å²) in [6.45, 7) is 4.28. The van der Waals surface area contributed by atoms with Crippen LogP contribution in [0.5, 0.6) is 0 Å². The number of amides is 2. The van der Waals surface area contributed by atoms with Crippen molar-refractivity contribution in [3.63, 3.8) is 0 Å². The van der Waals surface area contributed by atoms with Gasteiger partial charge in [-0.25, -0.2) is 4.79 Å². The second-order valence-corrected chi connectivity index (χ2v) is 10.1. The van der Waals surface area contributed by atoms with E-state index < -0.39 is 0 Å². The molecular weight excluding hydrogens is 474 g/mol. The molecule has 8 nitrogen and oxygen atoms in total. The molecule has 8 heteroatoms. The van der Waals surface area contributed by atoms with Crippen LogP contribution in [-0.2, 0) is 6.54 Å². The van der Waals surface area contributed by atoms with E-state index in [4.69, 9.17) is 5.41 Å². The summed E-state index contributed by atoms with van der Waals surface area (Å²) >= 11 is 0. The quantitative estimate of drug-likeness (QED) is 0.251. The summed E-state index contributed by atoms with van der Waals surface area (Å²) in [4.78, 5) is 21.2. The third kappa shape index (κ3) is 6.69. The fourth-order valence-electron chi connectivity index (χ4n) is 5.38. The zero-order chi connectivity index (χ0) is 26.2. The van der Waals surface area contributed by atoms with E-state index in [1.807, 2.05) is 60.7 Å². The Morgan fingerprint density at radius 2 is 1.63 bits per heavy atom. The number of amidine groups is 1. The van der Waals surface area contributed by atoms with Crippen molar-refractivity contribution >= 4 is 28.9 Å². The first-order valence-electron chi connectivity index (χ1n) is 13.6. The minimum atomic E-state index is -0.267. The van der Waals surface area contributed by atoms with Crippen molar-refractivity contribution in [1.82, 2.24) is 20.1 Å². The number of piperazine rings is 1. The standard InChI is InChI=1S/C30H37N7O/c31-29(37-19-17-36(18-20-37)26-8-2-1-3-9-26)27-10-4-5-11-28(27)34-24-12-14-25(15-13-24)35-30(38)33-22-23-7-6-16-32-21-23/h4-7,10-16,21,26,31,34H,1-3,8-9,17-20,22H2,(H2,33,35,38). The highest BCUT2D eigenvalue weighted by molar-refractivity contribution is 6.02. The number of nitrogens with one attached hydrogen (secondary N) is 4. The van der Waals surface area contributed by atoms with Gasteiger partial charge in [0, 0.05) is 73.8 Å². The average Bonchev–Trinajstić information content (AvgIpc) is 2.98. The Kier molecular flexibility index (Phi) is 8.50. The zero-order valence-corrected chi connectivity index (χ0v) is 21.8. The van der Waals surface area contributed by atoms with Crippen molar-refractivity contribution < 1.29 is 4.79 Å². The summed E-state index contributed by atoms with van der Waals surface area (Å²) in [5, 5.41) is 18.1. The van der Waals surface area contributed by atoms with Crippen molar-refractivity contribution in [1.29, 1.82) is 5.41 Å². The number of hydrogen-bond acceptors (Lipinski definition) is 5. The van der Waals surface area contributed by atoms with Crippen molar-refractivity contribution in [3.8, 4) is 0 Å². The second kappa shape index (κ2) is 12.6. The molecule has 1 aliphatic heterocycles. The predicted octanol–water partition coefficient (Wildman–Crippen LogP) is 5.42. The van der Waals surface area contributed by atoms with Gasteiger partial charge in [0.2, 0.25) is 0 Å². The van der Waals surface area contributed by atoms with Gasteiger partial charge in [-0.3, -0.25) is 15.3 Å². The van der Waals surface area contributed by atoms with E-state index >= 15 is 0 Å². The third-order valence-electron chi connectivity index (χ3n) is 7.50. The number of carbonyl (C=O) groups is 1. The fraction of sp³-hybridized carbons (Fsp3) is 0.367. The molecule has 2 heterocycles. The number of urea groups is 1. The fourth-order valence-corrected chi connectivity index (χ4v) is 5.38. The highest BCUT2D eigenvalue weighted by atomic mass is 16.2. The van der Waals surface area contributed by atoms with Gasteiger partial charge < -0.3 is 20.9 Å². The van der Waals surface area contributed by atoms with Crippen LogP contribution in [0.3, 0.4) is 0 Å². The lowest BCUT2D eigenvalue weighted by Crippen LogP contribution is -2.52. The van der Waals surface area contributed by atoms with E-state index in [2.05, 4.69) is 30.7 Å². The molecule has 4 N–H and O–H groups in total. The Bertz CT molecular complexity index is 1200. The first-order valence-corrected chi connectivity index (χ1v) is 13.6. The SMILES string of the molecule is N=C(c1ccccc1Nc1ccc(NC(=O)NCc2cccnc2)cc1)N1CCN(C2CCCCC2)CC1. The van der Waals surface area contributed by atoms with Gasteiger partial charge in [0.05, 0.1) is 0 Å². The molecular formula is C30H37N7O. The number of hydrogen-bond donors (Lipinski definition) is 4. The lowest BCUT2D eigenvalue weighted by molar-refractivity contribution is 0.107. The second-order valence-electron chi connectivity index (χ2n) is 10.1. The molecule has 38 heavy (non-hydrogen) atoms. The molecule has 2 fully saturated rings. The molecule has 5 rings (SSSR count). The minimum absolute atomic E-state index is 0.267. The molecule has 1 saturated carbocycles. The normalized spacial score (nSPS) is 16.6.